The Balaban J connectivity index is 0.000000209. The number of likely N-dealkylation sites (tertiary alicyclic amines) is 3. The molecule has 5 heteroatoms. The van der Waals surface area contributed by atoms with Crippen LogP contribution < -0.4 is 12.4 Å². The quantitative estimate of drug-likeness (QED) is 0.0987. The Morgan fingerprint density at radius 3 is 0.983 bits per heavy atom. The van der Waals surface area contributed by atoms with Crippen molar-refractivity contribution in [3.63, 3.8) is 0 Å². The summed E-state index contributed by atoms with van der Waals surface area (Å²) in [5, 5.41) is 0. The molecule has 314 valence electrons. The van der Waals surface area contributed by atoms with Crippen LogP contribution in [0, 0.1) is 0 Å². The zero-order chi connectivity index (χ0) is 41.2. The lowest BCUT2D eigenvalue weighted by atomic mass is 9.97. The van der Waals surface area contributed by atoms with Gasteiger partial charge in [0.15, 0.2) is 0 Å². The van der Waals surface area contributed by atoms with E-state index in [4.69, 9.17) is 11.6 Å². The molecule has 7 rings (SSSR count). The Bertz CT molecular complexity index is 1690. The van der Waals surface area contributed by atoms with Crippen LogP contribution in [0.15, 0.2) is 117 Å². The van der Waals surface area contributed by atoms with Crippen molar-refractivity contribution in [3.05, 3.63) is 161 Å². The van der Waals surface area contributed by atoms with Crippen LogP contribution in [-0.2, 0) is 25.5 Å². The topological polar surface area (TPSA) is 0 Å². The second-order valence-corrected chi connectivity index (χ2v) is 18.1. The number of nitrogens with zero attached hydrogens (tertiary/aromatic N) is 3. The van der Waals surface area contributed by atoms with Gasteiger partial charge in [-0.05, 0) is 40.2 Å². The largest absolute Gasteiger partial charge is 1.00 e. The van der Waals surface area contributed by atoms with E-state index in [-0.39, 0.29) is 12.4 Å². The number of halogens is 2. The van der Waals surface area contributed by atoms with E-state index in [1.807, 2.05) is 42.5 Å². The molecule has 58 heavy (non-hydrogen) atoms. The zero-order valence-electron chi connectivity index (χ0n) is 36.8. The van der Waals surface area contributed by atoms with Gasteiger partial charge < -0.3 is 25.9 Å². The lowest BCUT2D eigenvalue weighted by Crippen LogP contribution is -3.00. The Hall–Kier alpha value is -3.44. The van der Waals surface area contributed by atoms with Crippen molar-refractivity contribution < 1.29 is 25.9 Å². The number of hydrogen-bond donors (Lipinski definition) is 0. The summed E-state index contributed by atoms with van der Waals surface area (Å²) < 4.78 is 3.67. The van der Waals surface area contributed by atoms with Crippen LogP contribution in [0.4, 0.5) is 0 Å². The summed E-state index contributed by atoms with van der Waals surface area (Å²) in [6, 6.07) is 34.9. The average Bonchev–Trinajstić information content (AvgIpc) is 4.00. The highest BCUT2D eigenvalue weighted by Gasteiger charge is 2.28. The first-order chi connectivity index (χ1) is 27.4. The van der Waals surface area contributed by atoms with Crippen molar-refractivity contribution in [3.8, 4) is 0 Å². The molecule has 0 bridgehead atoms. The highest BCUT2D eigenvalue weighted by molar-refractivity contribution is 6.17. The van der Waals surface area contributed by atoms with Gasteiger partial charge in [-0.1, -0.05) is 149 Å². The van der Waals surface area contributed by atoms with Gasteiger partial charge >= 0.3 is 0 Å². The molecule has 3 nitrogen and oxygen atoms in total. The molecule has 3 saturated heterocycles. The molecule has 3 heterocycles. The van der Waals surface area contributed by atoms with Gasteiger partial charge in [0.2, 0.25) is 0 Å². The minimum atomic E-state index is 0. The average molecular weight is 825 g/mol. The van der Waals surface area contributed by atoms with Crippen LogP contribution in [0.25, 0.3) is 18.2 Å². The predicted molar refractivity (Wildman–Crippen MR) is 251 cm³/mol. The maximum atomic E-state index is 5.60. The number of benzene rings is 4. The molecule has 0 aliphatic carbocycles. The van der Waals surface area contributed by atoms with Gasteiger partial charge in [-0.25, -0.2) is 0 Å². The van der Waals surface area contributed by atoms with Gasteiger partial charge in [0.1, 0.15) is 19.6 Å². The van der Waals surface area contributed by atoms with Crippen molar-refractivity contribution in [2.45, 2.75) is 90.2 Å². The van der Waals surface area contributed by atoms with Crippen LogP contribution in [0.3, 0.4) is 0 Å². The summed E-state index contributed by atoms with van der Waals surface area (Å²) in [6.45, 7) is 27.4. The summed E-state index contributed by atoms with van der Waals surface area (Å²) in [5.74, 6) is 1.28. The van der Waals surface area contributed by atoms with E-state index >= 15 is 0 Å². The van der Waals surface area contributed by atoms with E-state index in [1.54, 1.807) is 0 Å². The molecule has 0 N–H and O–H groups in total. The Morgan fingerprint density at radius 1 is 0.483 bits per heavy atom. The minimum absolute atomic E-state index is 0. The highest BCUT2D eigenvalue weighted by Crippen LogP contribution is 2.24. The van der Waals surface area contributed by atoms with Crippen LogP contribution in [-0.4, -0.2) is 73.9 Å². The fraction of sp³-hybridized carbons (Fsp3) is 0.434. The minimum Gasteiger partial charge on any atom is -1.00 e. The van der Waals surface area contributed by atoms with Crippen molar-refractivity contribution in [1.82, 2.24) is 0 Å². The highest BCUT2D eigenvalue weighted by atomic mass is 35.5. The maximum Gasteiger partial charge on any atom is 0.104 e. The molecule has 0 aromatic heterocycles. The molecule has 4 aromatic rings. The van der Waals surface area contributed by atoms with Crippen LogP contribution >= 0.6 is 11.6 Å². The van der Waals surface area contributed by atoms with Crippen LogP contribution in [0.5, 0.6) is 0 Å². The first kappa shape index (κ1) is 48.9. The van der Waals surface area contributed by atoms with Crippen molar-refractivity contribution >= 4 is 29.8 Å². The molecule has 3 fully saturated rings. The lowest BCUT2D eigenvalue weighted by molar-refractivity contribution is -0.910. The molecule has 0 amide bonds. The molecule has 0 spiro atoms. The summed E-state index contributed by atoms with van der Waals surface area (Å²) in [7, 11) is 7.14. The first-order valence-corrected chi connectivity index (χ1v) is 22.3. The van der Waals surface area contributed by atoms with E-state index in [1.165, 1.54) is 151 Å². The SMILES string of the molecule is C=Cc1ccc(CCl)cc1.C=Cc1ccc(C[N+]2(C)CCCC2)cc1.C=Cc1ccc(C[N+]2(C)CCCC2)cc1.CCC(C)c1ccc(C[N+]2(C)CCCC2)cc1.[Cl-]. The molecule has 3 aliphatic rings. The molecule has 0 saturated carbocycles. The van der Waals surface area contributed by atoms with Gasteiger partial charge in [-0.3, -0.25) is 0 Å². The molecular formula is C53H75Cl2N3+2. The van der Waals surface area contributed by atoms with Gasteiger partial charge in [-0.15, -0.1) is 11.6 Å². The fourth-order valence-electron chi connectivity index (χ4n) is 8.54. The van der Waals surface area contributed by atoms with E-state index in [9.17, 15) is 0 Å². The summed E-state index contributed by atoms with van der Waals surface area (Å²) >= 11 is 5.60. The summed E-state index contributed by atoms with van der Waals surface area (Å²) in [6.07, 6.45) is 15.2. The second kappa shape index (κ2) is 24.6. The normalized spacial score (nSPS) is 17.4. The lowest BCUT2D eigenvalue weighted by Gasteiger charge is -2.29. The third-order valence-electron chi connectivity index (χ3n) is 12.6. The Kier molecular flexibility index (Phi) is 20.7. The molecule has 0 radical (unpaired) electrons. The summed E-state index contributed by atoms with van der Waals surface area (Å²) in [4.78, 5) is 0. The van der Waals surface area contributed by atoms with E-state index in [2.05, 4.69) is 128 Å². The Labute approximate surface area is 365 Å². The van der Waals surface area contributed by atoms with Crippen LogP contribution in [0.1, 0.15) is 109 Å². The van der Waals surface area contributed by atoms with E-state index in [0.29, 0.717) is 11.8 Å². The van der Waals surface area contributed by atoms with Crippen LogP contribution in [0.2, 0.25) is 0 Å². The number of quaternary nitrogens is 3. The summed E-state index contributed by atoms with van der Waals surface area (Å²) in [5.41, 5.74) is 10.6. The molecule has 1 atom stereocenters. The maximum absolute atomic E-state index is 5.60. The van der Waals surface area contributed by atoms with E-state index < -0.39 is 0 Å². The third-order valence-corrected chi connectivity index (χ3v) is 12.9. The van der Waals surface area contributed by atoms with Crippen molar-refractivity contribution in [2.75, 3.05) is 60.4 Å². The van der Waals surface area contributed by atoms with Gasteiger partial charge in [0, 0.05) is 61.1 Å². The molecule has 4 aromatic carbocycles. The molecule has 1 unspecified atom stereocenters. The number of hydrogen-bond acceptors (Lipinski definition) is 0. The monoisotopic (exact) mass is 824 g/mol. The van der Waals surface area contributed by atoms with Crippen molar-refractivity contribution in [2.24, 2.45) is 0 Å². The zero-order valence-corrected chi connectivity index (χ0v) is 38.3. The van der Waals surface area contributed by atoms with E-state index in [0.717, 1.165) is 11.1 Å². The van der Waals surface area contributed by atoms with Gasteiger partial charge in [0.05, 0.1) is 60.4 Å². The van der Waals surface area contributed by atoms with Gasteiger partial charge in [0.25, 0.3) is 0 Å². The molecule has 3 aliphatic heterocycles. The number of alkyl halides is 1. The first-order valence-electron chi connectivity index (χ1n) is 21.7. The third kappa shape index (κ3) is 16.3. The standard InChI is InChI=1S/C16H26N.2C14H20N.C9H9Cl.ClH/c1-4-14(2)16-9-7-15(8-10-16)13-17(3)11-5-6-12-17;2*1-3-13-6-8-14(9-7-13)12-15(2)10-4-5-11-15;1-2-8-3-5-9(7-10)6-4-8;/h7-10,14H,4-6,11-13H2,1-3H3;2*3,6-9H,1,4-5,10-12H2,2H3;2-6H,1,7H2;1H/q3*+1;;/p-1. The predicted octanol–water partition coefficient (Wildman–Crippen LogP) is 10.2. The fourth-order valence-corrected chi connectivity index (χ4v) is 8.72. The second-order valence-electron chi connectivity index (χ2n) is 17.8. The van der Waals surface area contributed by atoms with Crippen molar-refractivity contribution in [1.29, 1.82) is 0 Å². The smallest absolute Gasteiger partial charge is 0.104 e. The molecular weight excluding hydrogens is 750 g/mol. The Morgan fingerprint density at radius 2 is 0.741 bits per heavy atom. The van der Waals surface area contributed by atoms with Gasteiger partial charge in [-0.2, -0.15) is 0 Å². The number of rotatable bonds is 12.